The number of aromatic nitrogens is 2. The molecule has 3 rings (SSSR count). The lowest BCUT2D eigenvalue weighted by atomic mass is 9.83. The molecule has 0 spiro atoms. The molecule has 0 radical (unpaired) electrons. The maximum absolute atomic E-state index is 5.42. The zero-order valence-electron chi connectivity index (χ0n) is 11.6. The van der Waals surface area contributed by atoms with E-state index in [1.165, 1.54) is 24.1 Å². The fraction of sp³-hybridized carbons (Fsp3) is 0.375. The van der Waals surface area contributed by atoms with Gasteiger partial charge in [-0.15, -0.1) is 0 Å². The largest absolute Gasteiger partial charge is 0.345 e. The Morgan fingerprint density at radius 1 is 1.25 bits per heavy atom. The Balaban J connectivity index is 2.12. The lowest BCUT2D eigenvalue weighted by molar-refractivity contribution is 0.582. The zero-order chi connectivity index (χ0) is 14.3. The van der Waals surface area contributed by atoms with Gasteiger partial charge in [-0.05, 0) is 48.2 Å². The van der Waals surface area contributed by atoms with Crippen LogP contribution in [0.4, 0.5) is 0 Å². The molecule has 0 unspecified atom stereocenters. The summed E-state index contributed by atoms with van der Waals surface area (Å²) in [5.41, 5.74) is 2.27. The van der Waals surface area contributed by atoms with Crippen LogP contribution in [0.15, 0.2) is 34.8 Å². The Morgan fingerprint density at radius 3 is 2.50 bits per heavy atom. The highest BCUT2D eigenvalue weighted by atomic mass is 79.9. The van der Waals surface area contributed by atoms with Crippen LogP contribution in [0.1, 0.15) is 49.7 Å². The number of aromatic amines is 1. The van der Waals surface area contributed by atoms with Gasteiger partial charge in [0.1, 0.15) is 10.5 Å². The number of rotatable bonds is 3. The van der Waals surface area contributed by atoms with Gasteiger partial charge in [0.15, 0.2) is 0 Å². The molecule has 0 aliphatic heterocycles. The summed E-state index contributed by atoms with van der Waals surface area (Å²) in [4.78, 5) is 8.13. The van der Waals surface area contributed by atoms with Crippen LogP contribution >= 0.6 is 28.1 Å². The van der Waals surface area contributed by atoms with Gasteiger partial charge in [-0.1, -0.05) is 42.5 Å². The van der Waals surface area contributed by atoms with E-state index in [-0.39, 0.29) is 5.41 Å². The molecule has 1 saturated carbocycles. The van der Waals surface area contributed by atoms with E-state index in [4.69, 9.17) is 12.2 Å². The van der Waals surface area contributed by atoms with Gasteiger partial charge in [0.05, 0.1) is 4.47 Å². The molecule has 1 aliphatic carbocycles. The third-order valence-corrected chi connectivity index (χ3v) is 5.32. The topological polar surface area (TPSA) is 28.7 Å². The second-order valence-electron chi connectivity index (χ2n) is 5.88. The van der Waals surface area contributed by atoms with E-state index in [0.717, 1.165) is 10.3 Å². The van der Waals surface area contributed by atoms with E-state index >= 15 is 0 Å². The SMILES string of the molecule is CC(C)(c1ccccc1)c1nc(=S)c(Br)c(C2CC2)[nH]1. The van der Waals surface area contributed by atoms with Crippen molar-refractivity contribution in [3.63, 3.8) is 0 Å². The van der Waals surface area contributed by atoms with E-state index < -0.39 is 0 Å². The smallest absolute Gasteiger partial charge is 0.144 e. The first-order valence-corrected chi connectivity index (χ1v) is 8.06. The summed E-state index contributed by atoms with van der Waals surface area (Å²) in [6.07, 6.45) is 2.47. The molecular formula is C16H17BrN2S. The third-order valence-electron chi connectivity index (χ3n) is 3.96. The molecule has 104 valence electrons. The Kier molecular flexibility index (Phi) is 3.55. The van der Waals surface area contributed by atoms with Crippen molar-refractivity contribution in [3.05, 3.63) is 56.5 Å². The molecule has 1 fully saturated rings. The Labute approximate surface area is 132 Å². The number of hydrogen-bond donors (Lipinski definition) is 1. The number of H-pyrrole nitrogens is 1. The predicted octanol–water partition coefficient (Wildman–Crippen LogP) is 5.10. The fourth-order valence-electron chi connectivity index (χ4n) is 2.42. The second kappa shape index (κ2) is 5.08. The number of nitrogens with one attached hydrogen (secondary N) is 1. The van der Waals surface area contributed by atoms with Gasteiger partial charge in [0.25, 0.3) is 0 Å². The molecule has 1 heterocycles. The van der Waals surface area contributed by atoms with Crippen LogP contribution < -0.4 is 0 Å². The molecule has 0 atom stereocenters. The minimum absolute atomic E-state index is 0.181. The van der Waals surface area contributed by atoms with Crippen LogP contribution in [0.25, 0.3) is 0 Å². The van der Waals surface area contributed by atoms with E-state index in [1.807, 2.05) is 6.07 Å². The lowest BCUT2D eigenvalue weighted by Gasteiger charge is -2.25. The number of hydrogen-bond acceptors (Lipinski definition) is 2. The Hall–Kier alpha value is -1.00. The number of halogens is 1. The molecule has 1 aliphatic rings. The highest BCUT2D eigenvalue weighted by Gasteiger charge is 2.31. The van der Waals surface area contributed by atoms with Gasteiger partial charge in [0, 0.05) is 17.0 Å². The number of benzene rings is 1. The zero-order valence-corrected chi connectivity index (χ0v) is 14.0. The minimum atomic E-state index is -0.181. The average molecular weight is 349 g/mol. The normalized spacial score (nSPS) is 15.3. The van der Waals surface area contributed by atoms with E-state index in [0.29, 0.717) is 10.6 Å². The minimum Gasteiger partial charge on any atom is -0.345 e. The molecule has 2 nitrogen and oxygen atoms in total. The van der Waals surface area contributed by atoms with Crippen molar-refractivity contribution in [2.75, 3.05) is 0 Å². The molecule has 1 N–H and O–H groups in total. The molecule has 4 heteroatoms. The highest BCUT2D eigenvalue weighted by Crippen LogP contribution is 2.43. The summed E-state index contributed by atoms with van der Waals surface area (Å²) in [6, 6.07) is 10.4. The van der Waals surface area contributed by atoms with Gasteiger partial charge in [-0.25, -0.2) is 4.98 Å². The summed E-state index contributed by atoms with van der Waals surface area (Å²) in [5, 5.41) is 0. The van der Waals surface area contributed by atoms with Crippen LogP contribution in [-0.4, -0.2) is 9.97 Å². The van der Waals surface area contributed by atoms with Crippen molar-refractivity contribution in [2.45, 2.75) is 38.0 Å². The van der Waals surface area contributed by atoms with Gasteiger partial charge >= 0.3 is 0 Å². The highest BCUT2D eigenvalue weighted by molar-refractivity contribution is 9.10. The average Bonchev–Trinajstić information content (AvgIpc) is 3.27. The molecule has 1 aromatic carbocycles. The van der Waals surface area contributed by atoms with Gasteiger partial charge in [-0.2, -0.15) is 0 Å². The molecule has 0 amide bonds. The van der Waals surface area contributed by atoms with Crippen molar-refractivity contribution in [1.29, 1.82) is 0 Å². The summed E-state index contributed by atoms with van der Waals surface area (Å²) < 4.78 is 1.62. The Morgan fingerprint density at radius 2 is 1.90 bits per heavy atom. The molecule has 20 heavy (non-hydrogen) atoms. The van der Waals surface area contributed by atoms with Crippen LogP contribution in [0.5, 0.6) is 0 Å². The van der Waals surface area contributed by atoms with Crippen LogP contribution in [-0.2, 0) is 5.41 Å². The first-order valence-electron chi connectivity index (χ1n) is 6.86. The van der Waals surface area contributed by atoms with Crippen molar-refractivity contribution in [1.82, 2.24) is 9.97 Å². The van der Waals surface area contributed by atoms with Crippen LogP contribution in [0, 0.1) is 4.64 Å². The fourth-order valence-corrected chi connectivity index (χ4v) is 3.13. The first-order chi connectivity index (χ1) is 9.50. The molecule has 1 aromatic heterocycles. The maximum atomic E-state index is 5.42. The van der Waals surface area contributed by atoms with Crippen molar-refractivity contribution in [3.8, 4) is 0 Å². The predicted molar refractivity (Wildman–Crippen MR) is 87.7 cm³/mol. The second-order valence-corrected chi connectivity index (χ2v) is 7.06. The standard InChI is InChI=1S/C16H17BrN2S/c1-16(2,11-6-4-3-5-7-11)15-18-13(10-8-9-10)12(17)14(20)19-15/h3-7,10H,8-9H2,1-2H3,(H,18,19,20). The van der Waals surface area contributed by atoms with Gasteiger partial charge in [0.2, 0.25) is 0 Å². The van der Waals surface area contributed by atoms with Crippen LogP contribution in [0.3, 0.4) is 0 Å². The first kappa shape index (κ1) is 14.0. The molecule has 0 saturated heterocycles. The molecule has 0 bridgehead atoms. The monoisotopic (exact) mass is 348 g/mol. The lowest BCUT2D eigenvalue weighted by Crippen LogP contribution is -2.23. The Bertz CT molecular complexity index is 687. The quantitative estimate of drug-likeness (QED) is 0.781. The van der Waals surface area contributed by atoms with Gasteiger partial charge < -0.3 is 4.98 Å². The van der Waals surface area contributed by atoms with E-state index in [2.05, 4.69) is 64.0 Å². The summed E-state index contributed by atoms with van der Waals surface area (Å²) in [7, 11) is 0. The third kappa shape index (κ3) is 2.47. The maximum Gasteiger partial charge on any atom is 0.144 e. The molecule has 2 aromatic rings. The molecular weight excluding hydrogens is 332 g/mol. The van der Waals surface area contributed by atoms with E-state index in [9.17, 15) is 0 Å². The summed E-state index contributed by atoms with van der Waals surface area (Å²) in [5.74, 6) is 1.55. The number of nitrogens with zero attached hydrogens (tertiary/aromatic N) is 1. The van der Waals surface area contributed by atoms with Crippen LogP contribution in [0.2, 0.25) is 0 Å². The van der Waals surface area contributed by atoms with Crippen molar-refractivity contribution < 1.29 is 0 Å². The summed E-state index contributed by atoms with van der Waals surface area (Å²) in [6.45, 7) is 4.36. The van der Waals surface area contributed by atoms with E-state index in [1.54, 1.807) is 0 Å². The summed E-state index contributed by atoms with van der Waals surface area (Å²) >= 11 is 9.00. The van der Waals surface area contributed by atoms with Crippen molar-refractivity contribution in [2.24, 2.45) is 0 Å². The van der Waals surface area contributed by atoms with Gasteiger partial charge in [-0.3, -0.25) is 0 Å². The van der Waals surface area contributed by atoms with Crippen molar-refractivity contribution >= 4 is 28.1 Å².